The van der Waals surface area contributed by atoms with Crippen molar-refractivity contribution in [2.45, 2.75) is 84.3 Å². The molecule has 2 aromatic carbocycles. The fourth-order valence-electron chi connectivity index (χ4n) is 8.31. The van der Waals surface area contributed by atoms with Crippen LogP contribution in [0.3, 0.4) is 0 Å². The Balaban J connectivity index is 1.19. The van der Waals surface area contributed by atoms with Gasteiger partial charge in [-0.1, -0.05) is 86.5 Å². The zero-order valence-corrected chi connectivity index (χ0v) is 26.9. The molecule has 3 fully saturated rings. The number of nitrogens with zero attached hydrogens (tertiary/aromatic N) is 2. The van der Waals surface area contributed by atoms with Crippen molar-refractivity contribution in [2.75, 3.05) is 13.1 Å². The number of phenolic OH excluding ortho intramolecular Hbond substituents is 1. The molecule has 0 saturated carbocycles. The summed E-state index contributed by atoms with van der Waals surface area (Å²) in [4.78, 5) is 32.3. The predicted octanol–water partition coefficient (Wildman–Crippen LogP) is 6.08. The molecular formula is C37H47BN2O5. The largest absolute Gasteiger partial charge is 0.507 e. The van der Waals surface area contributed by atoms with Crippen molar-refractivity contribution in [3.05, 3.63) is 82.4 Å². The quantitative estimate of drug-likeness (QED) is 0.203. The Labute approximate surface area is 268 Å². The monoisotopic (exact) mass is 610 g/mol. The molecule has 45 heavy (non-hydrogen) atoms. The number of phenols is 1. The van der Waals surface area contributed by atoms with Crippen molar-refractivity contribution in [2.24, 2.45) is 23.7 Å². The molecule has 1 aliphatic carbocycles. The van der Waals surface area contributed by atoms with Gasteiger partial charge in [0.2, 0.25) is 11.8 Å². The van der Waals surface area contributed by atoms with Crippen LogP contribution in [0, 0.1) is 23.7 Å². The van der Waals surface area contributed by atoms with E-state index >= 15 is 0 Å². The summed E-state index contributed by atoms with van der Waals surface area (Å²) in [6.07, 6.45) is 6.52. The van der Waals surface area contributed by atoms with Crippen molar-refractivity contribution in [3.63, 3.8) is 0 Å². The summed E-state index contributed by atoms with van der Waals surface area (Å²) in [5, 5.41) is 21.3. The summed E-state index contributed by atoms with van der Waals surface area (Å²) in [7, 11) is -0.971. The van der Waals surface area contributed by atoms with E-state index in [0.717, 1.165) is 56.5 Å². The lowest BCUT2D eigenvalue weighted by atomic mass is 9.57. The van der Waals surface area contributed by atoms with Gasteiger partial charge in [-0.05, 0) is 73.9 Å². The first-order valence-electron chi connectivity index (χ1n) is 16.9. The van der Waals surface area contributed by atoms with E-state index in [0.29, 0.717) is 19.2 Å². The first kappa shape index (κ1) is 31.8. The molecule has 2 aromatic rings. The van der Waals surface area contributed by atoms with Gasteiger partial charge in [-0.2, -0.15) is 0 Å². The fraction of sp³-hybridized carbons (Fsp3) is 0.514. The third-order valence-electron chi connectivity index (χ3n) is 10.6. The van der Waals surface area contributed by atoms with Crippen molar-refractivity contribution in [3.8, 4) is 5.75 Å². The van der Waals surface area contributed by atoms with E-state index in [1.807, 2.05) is 30.3 Å². The van der Waals surface area contributed by atoms with Gasteiger partial charge >= 0.3 is 7.12 Å². The standard InChI is InChI=1S/C37H47BN2O5/c1-4-25(20-27-12-8-9-13-32(27)41)14-15-33-34-29(24(2)3)21-30-35(31(34)22-38(44)45-33)37(43)40(36(30)42)28-16-18-39(19-17-28)23-26-10-6-5-7-11-26/h5-13,20,24,28,30-31,33,35,41,44H,4,14-19,21-23H2,1-3H3/b25-20+/t30-,31+,33-,35-/m1/s1. The molecule has 8 heteroatoms. The number of allylic oxidation sites excluding steroid dienone is 2. The number of imide groups is 1. The molecule has 0 spiro atoms. The zero-order valence-electron chi connectivity index (χ0n) is 26.9. The van der Waals surface area contributed by atoms with Crippen LogP contribution in [0.15, 0.2) is 71.3 Å². The number of fused-ring (bicyclic) bond motifs is 3. The number of carbonyl (C=O) groups excluding carboxylic acids is 2. The maximum absolute atomic E-state index is 14.2. The third-order valence-corrected chi connectivity index (χ3v) is 10.6. The van der Waals surface area contributed by atoms with Gasteiger partial charge in [0, 0.05) is 31.2 Å². The van der Waals surface area contributed by atoms with Gasteiger partial charge < -0.3 is 14.8 Å². The van der Waals surface area contributed by atoms with E-state index < -0.39 is 13.0 Å². The molecule has 3 heterocycles. The second-order valence-electron chi connectivity index (χ2n) is 13.7. The zero-order chi connectivity index (χ0) is 31.7. The Morgan fingerprint density at radius 2 is 1.73 bits per heavy atom. The van der Waals surface area contributed by atoms with Crippen LogP contribution < -0.4 is 0 Å². The Morgan fingerprint density at radius 1 is 1.02 bits per heavy atom. The maximum atomic E-state index is 14.2. The van der Waals surface area contributed by atoms with Crippen LogP contribution in [0.1, 0.15) is 70.4 Å². The third kappa shape index (κ3) is 6.56. The second kappa shape index (κ2) is 13.7. The van der Waals surface area contributed by atoms with Gasteiger partial charge in [-0.3, -0.25) is 19.4 Å². The molecule has 6 rings (SSSR count). The molecule has 4 aliphatic rings. The molecule has 7 nitrogen and oxygen atoms in total. The summed E-state index contributed by atoms with van der Waals surface area (Å²) in [5.74, 6) is -0.567. The van der Waals surface area contributed by atoms with Crippen molar-refractivity contribution in [1.29, 1.82) is 0 Å². The lowest BCUT2D eigenvalue weighted by Crippen LogP contribution is -2.48. The van der Waals surface area contributed by atoms with Crippen LogP contribution in [0.25, 0.3) is 6.08 Å². The average molecular weight is 611 g/mol. The first-order valence-corrected chi connectivity index (χ1v) is 16.9. The van der Waals surface area contributed by atoms with Gasteiger partial charge in [0.1, 0.15) is 5.75 Å². The van der Waals surface area contributed by atoms with Gasteiger partial charge in [-0.15, -0.1) is 0 Å². The van der Waals surface area contributed by atoms with Crippen LogP contribution in [-0.2, 0) is 20.8 Å². The number of benzene rings is 2. The summed E-state index contributed by atoms with van der Waals surface area (Å²) in [6, 6.07) is 17.7. The van der Waals surface area contributed by atoms with E-state index in [2.05, 4.69) is 49.9 Å². The van der Waals surface area contributed by atoms with Crippen LogP contribution in [-0.4, -0.2) is 64.1 Å². The van der Waals surface area contributed by atoms with Gasteiger partial charge in [0.15, 0.2) is 0 Å². The Bertz CT molecular complexity index is 1450. The maximum Gasteiger partial charge on any atom is 0.455 e. The highest BCUT2D eigenvalue weighted by Crippen LogP contribution is 2.52. The SMILES string of the molecule is CC/C(=C\c1ccccc1O)CC[C@H]1OB(O)C[C@H]2C1=C(C(C)C)C[C@H]1C(=O)N(C3CCN(Cc4ccccc4)CC3)C(=O)[C@H]12. The molecule has 0 radical (unpaired) electrons. The lowest BCUT2D eigenvalue weighted by Gasteiger charge is -2.44. The smallest absolute Gasteiger partial charge is 0.455 e. The average Bonchev–Trinajstić information content (AvgIpc) is 3.29. The highest BCUT2D eigenvalue weighted by Gasteiger charge is 2.58. The normalized spacial score (nSPS) is 26.6. The Morgan fingerprint density at radius 3 is 2.42 bits per heavy atom. The van der Waals surface area contributed by atoms with Gasteiger partial charge in [0.05, 0.1) is 17.9 Å². The van der Waals surface area contributed by atoms with Gasteiger partial charge in [0.25, 0.3) is 0 Å². The highest BCUT2D eigenvalue weighted by atomic mass is 16.5. The van der Waals surface area contributed by atoms with Gasteiger partial charge in [-0.25, -0.2) is 0 Å². The van der Waals surface area contributed by atoms with Crippen LogP contribution in [0.5, 0.6) is 5.75 Å². The number of hydrogen-bond donors (Lipinski definition) is 2. The summed E-state index contributed by atoms with van der Waals surface area (Å²) in [6.45, 7) is 9.04. The van der Waals surface area contributed by atoms with E-state index in [9.17, 15) is 19.7 Å². The van der Waals surface area contributed by atoms with Crippen LogP contribution in [0.2, 0.25) is 6.32 Å². The molecule has 4 atom stereocenters. The van der Waals surface area contributed by atoms with E-state index in [1.54, 1.807) is 11.0 Å². The molecular weight excluding hydrogens is 563 g/mol. The molecule has 0 bridgehead atoms. The summed E-state index contributed by atoms with van der Waals surface area (Å²) in [5.41, 5.74) is 5.63. The van der Waals surface area contributed by atoms with E-state index in [4.69, 9.17) is 4.65 Å². The molecule has 0 aromatic heterocycles. The number of carbonyl (C=O) groups is 2. The highest BCUT2D eigenvalue weighted by molar-refractivity contribution is 6.43. The minimum atomic E-state index is -0.971. The van der Waals surface area contributed by atoms with Crippen molar-refractivity contribution >= 4 is 25.0 Å². The minimum Gasteiger partial charge on any atom is -0.507 e. The number of likely N-dealkylation sites (tertiary alicyclic amines) is 2. The molecule has 0 unspecified atom stereocenters. The number of rotatable bonds is 9. The molecule has 238 valence electrons. The summed E-state index contributed by atoms with van der Waals surface area (Å²) >= 11 is 0. The number of hydrogen-bond acceptors (Lipinski definition) is 6. The molecule has 3 saturated heterocycles. The minimum absolute atomic E-state index is 0.0138. The van der Waals surface area contributed by atoms with Crippen molar-refractivity contribution in [1.82, 2.24) is 9.80 Å². The number of para-hydroxylation sites is 1. The summed E-state index contributed by atoms with van der Waals surface area (Å²) < 4.78 is 6.23. The fourth-order valence-corrected chi connectivity index (χ4v) is 8.31. The Kier molecular flexibility index (Phi) is 9.64. The Hall–Kier alpha value is -3.20. The van der Waals surface area contributed by atoms with Crippen molar-refractivity contribution < 1.29 is 24.4 Å². The second-order valence-corrected chi connectivity index (χ2v) is 13.7. The van der Waals surface area contributed by atoms with E-state index in [-0.39, 0.29) is 47.5 Å². The van der Waals surface area contributed by atoms with Crippen LogP contribution in [0.4, 0.5) is 0 Å². The number of amides is 2. The first-order chi connectivity index (χ1) is 21.7. The number of piperidine rings is 1. The van der Waals surface area contributed by atoms with Crippen LogP contribution >= 0.6 is 0 Å². The van der Waals surface area contributed by atoms with E-state index in [1.165, 1.54) is 16.7 Å². The molecule has 2 amide bonds. The number of aromatic hydroxyl groups is 1. The topological polar surface area (TPSA) is 90.3 Å². The predicted molar refractivity (Wildman–Crippen MR) is 177 cm³/mol. The molecule has 2 N–H and O–H groups in total. The molecule has 3 aliphatic heterocycles. The lowest BCUT2D eigenvalue weighted by molar-refractivity contribution is -0.144.